The summed E-state index contributed by atoms with van der Waals surface area (Å²) in [6.45, 7) is 4.03. The number of nitrogens with zero attached hydrogens (tertiary/aromatic N) is 2. The molecular formula is C23H28N2O3. The molecule has 2 aromatic carbocycles. The fourth-order valence-electron chi connectivity index (χ4n) is 3.01. The van der Waals surface area contributed by atoms with Gasteiger partial charge in [0.15, 0.2) is 23.1 Å². The van der Waals surface area contributed by atoms with Crippen molar-refractivity contribution in [3.05, 3.63) is 59.2 Å². The number of rotatable bonds is 8. The summed E-state index contributed by atoms with van der Waals surface area (Å²) < 4.78 is 5.23. The monoisotopic (exact) mass is 380 g/mol. The second-order valence-electron chi connectivity index (χ2n) is 6.62. The largest absolute Gasteiger partial charge is 0.504 e. The van der Waals surface area contributed by atoms with E-state index in [4.69, 9.17) is 4.74 Å². The predicted molar refractivity (Wildman–Crippen MR) is 114 cm³/mol. The number of aryl methyl sites for hydroxylation is 1. The van der Waals surface area contributed by atoms with E-state index < -0.39 is 0 Å². The molecule has 5 nitrogen and oxygen atoms in total. The first-order chi connectivity index (χ1) is 13.5. The van der Waals surface area contributed by atoms with Crippen LogP contribution < -0.4 is 4.74 Å². The second-order valence-corrected chi connectivity index (χ2v) is 6.62. The average molecular weight is 380 g/mol. The Kier molecular flexibility index (Phi) is 7.93. The van der Waals surface area contributed by atoms with Gasteiger partial charge < -0.3 is 9.84 Å². The van der Waals surface area contributed by atoms with Gasteiger partial charge >= 0.3 is 0 Å². The van der Waals surface area contributed by atoms with Gasteiger partial charge in [-0.15, -0.1) is 0 Å². The minimum Gasteiger partial charge on any atom is -0.504 e. The van der Waals surface area contributed by atoms with Gasteiger partial charge in [-0.25, -0.2) is 4.99 Å². The van der Waals surface area contributed by atoms with Crippen LogP contribution in [0, 0.1) is 0 Å². The maximum Gasteiger partial charge on any atom is 0.164 e. The summed E-state index contributed by atoms with van der Waals surface area (Å²) in [5.74, 6) is 0.617. The summed E-state index contributed by atoms with van der Waals surface area (Å²) in [6.07, 6.45) is 2.79. The first-order valence-corrected chi connectivity index (χ1v) is 9.49. The number of hydrogen-bond acceptors (Lipinski definition) is 4. The summed E-state index contributed by atoms with van der Waals surface area (Å²) in [5, 5.41) is 10.2. The van der Waals surface area contributed by atoms with E-state index in [1.54, 1.807) is 13.1 Å². The SMILES string of the molecule is CCCC(C)=NC(=NC)c1cc(OC)c(O)cc1C(=O)CCc1ccccc1. The number of ether oxygens (including phenoxy) is 1. The molecule has 28 heavy (non-hydrogen) atoms. The highest BCUT2D eigenvalue weighted by molar-refractivity contribution is 6.14. The van der Waals surface area contributed by atoms with E-state index in [-0.39, 0.29) is 11.5 Å². The lowest BCUT2D eigenvalue weighted by atomic mass is 9.97. The zero-order valence-corrected chi connectivity index (χ0v) is 17.0. The van der Waals surface area contributed by atoms with E-state index in [0.717, 1.165) is 24.1 Å². The lowest BCUT2D eigenvalue weighted by Crippen LogP contribution is -2.11. The van der Waals surface area contributed by atoms with Gasteiger partial charge in [0.25, 0.3) is 0 Å². The molecule has 0 aliphatic rings. The summed E-state index contributed by atoms with van der Waals surface area (Å²) in [5.41, 5.74) is 3.02. The number of carbonyl (C=O) groups excluding carboxylic acids is 1. The van der Waals surface area contributed by atoms with Gasteiger partial charge in [0.2, 0.25) is 0 Å². The summed E-state index contributed by atoms with van der Waals surface area (Å²) in [7, 11) is 3.12. The van der Waals surface area contributed by atoms with Gasteiger partial charge in [-0.2, -0.15) is 0 Å². The molecule has 1 N–H and O–H groups in total. The highest BCUT2D eigenvalue weighted by Crippen LogP contribution is 2.31. The minimum absolute atomic E-state index is 0.0682. The van der Waals surface area contributed by atoms with Crippen LogP contribution in [0.2, 0.25) is 0 Å². The van der Waals surface area contributed by atoms with Gasteiger partial charge in [-0.3, -0.25) is 9.79 Å². The van der Waals surface area contributed by atoms with E-state index in [2.05, 4.69) is 16.9 Å². The van der Waals surface area contributed by atoms with Gasteiger partial charge in [0.05, 0.1) is 7.11 Å². The van der Waals surface area contributed by atoms with Crippen molar-refractivity contribution in [1.29, 1.82) is 0 Å². The third kappa shape index (κ3) is 5.52. The maximum absolute atomic E-state index is 13.0. The van der Waals surface area contributed by atoms with E-state index in [0.29, 0.717) is 35.6 Å². The third-order valence-corrected chi connectivity index (χ3v) is 4.46. The smallest absolute Gasteiger partial charge is 0.164 e. The number of hydrogen-bond donors (Lipinski definition) is 1. The van der Waals surface area contributed by atoms with Crippen LogP contribution in [0.1, 0.15) is 54.6 Å². The van der Waals surface area contributed by atoms with Crippen LogP contribution in [0.4, 0.5) is 0 Å². The van der Waals surface area contributed by atoms with Gasteiger partial charge in [0.1, 0.15) is 0 Å². The Labute approximate surface area is 166 Å². The van der Waals surface area contributed by atoms with Crippen LogP contribution >= 0.6 is 0 Å². The molecule has 148 valence electrons. The molecule has 2 aromatic rings. The van der Waals surface area contributed by atoms with Crippen LogP contribution in [0.5, 0.6) is 11.5 Å². The first kappa shape index (κ1) is 21.4. The topological polar surface area (TPSA) is 71.2 Å². The van der Waals surface area contributed by atoms with Crippen molar-refractivity contribution in [1.82, 2.24) is 0 Å². The fourth-order valence-corrected chi connectivity index (χ4v) is 3.01. The van der Waals surface area contributed by atoms with Crippen LogP contribution in [0.25, 0.3) is 0 Å². The number of ketones is 1. The molecule has 5 heteroatoms. The lowest BCUT2D eigenvalue weighted by molar-refractivity contribution is 0.0982. The van der Waals surface area contributed by atoms with E-state index in [9.17, 15) is 9.90 Å². The van der Waals surface area contributed by atoms with E-state index in [1.807, 2.05) is 37.3 Å². The van der Waals surface area contributed by atoms with Crippen molar-refractivity contribution in [2.45, 2.75) is 39.5 Å². The number of phenolic OH excluding ortho intramolecular Hbond substituents is 1. The van der Waals surface area contributed by atoms with Crippen molar-refractivity contribution in [2.75, 3.05) is 14.2 Å². The number of methoxy groups -OCH3 is 1. The maximum atomic E-state index is 13.0. The molecule has 0 saturated carbocycles. The second kappa shape index (κ2) is 10.4. The summed E-state index contributed by atoms with van der Waals surface area (Å²) >= 11 is 0. The number of Topliss-reactive ketones (excluding diaryl/α,β-unsaturated/α-hetero) is 1. The summed E-state index contributed by atoms with van der Waals surface area (Å²) in [6, 6.07) is 12.9. The number of aromatic hydroxyl groups is 1. The van der Waals surface area contributed by atoms with E-state index in [1.165, 1.54) is 13.2 Å². The highest BCUT2D eigenvalue weighted by Gasteiger charge is 2.19. The Balaban J connectivity index is 2.40. The first-order valence-electron chi connectivity index (χ1n) is 9.49. The lowest BCUT2D eigenvalue weighted by Gasteiger charge is -2.13. The van der Waals surface area contributed by atoms with Gasteiger partial charge in [-0.05, 0) is 37.5 Å². The van der Waals surface area contributed by atoms with Crippen molar-refractivity contribution in [3.8, 4) is 11.5 Å². The molecule has 0 unspecified atom stereocenters. The Hall–Kier alpha value is -2.95. The number of benzene rings is 2. The molecule has 0 fully saturated rings. The summed E-state index contributed by atoms with van der Waals surface area (Å²) in [4.78, 5) is 21.9. The van der Waals surface area contributed by atoms with Gasteiger partial charge in [0, 0.05) is 30.3 Å². The number of carbonyl (C=O) groups is 1. The Bertz CT molecular complexity index is 871. The molecule has 0 aliphatic heterocycles. The Morgan fingerprint density at radius 3 is 2.43 bits per heavy atom. The van der Waals surface area contributed by atoms with Crippen LogP contribution in [0.3, 0.4) is 0 Å². The number of amidine groups is 1. The van der Waals surface area contributed by atoms with Crippen LogP contribution in [0.15, 0.2) is 52.4 Å². The molecule has 0 heterocycles. The highest BCUT2D eigenvalue weighted by atomic mass is 16.5. The predicted octanol–water partition coefficient (Wildman–Crippen LogP) is 4.85. The average Bonchev–Trinajstić information content (AvgIpc) is 2.71. The number of phenols is 1. The van der Waals surface area contributed by atoms with Crippen molar-refractivity contribution >= 4 is 17.3 Å². The molecular weight excluding hydrogens is 352 g/mol. The fraction of sp³-hybridized carbons (Fsp3) is 0.348. The van der Waals surface area contributed by atoms with Gasteiger partial charge in [-0.1, -0.05) is 43.7 Å². The quantitative estimate of drug-likeness (QED) is 0.404. The molecule has 0 amide bonds. The van der Waals surface area contributed by atoms with Crippen molar-refractivity contribution < 1.29 is 14.6 Å². The normalized spacial score (nSPS) is 12.1. The molecule has 0 bridgehead atoms. The molecule has 0 radical (unpaired) electrons. The molecule has 0 atom stereocenters. The molecule has 0 saturated heterocycles. The molecule has 0 aliphatic carbocycles. The minimum atomic E-state index is -0.0703. The Morgan fingerprint density at radius 2 is 1.82 bits per heavy atom. The Morgan fingerprint density at radius 1 is 1.11 bits per heavy atom. The van der Waals surface area contributed by atoms with Crippen molar-refractivity contribution in [2.24, 2.45) is 9.98 Å². The standard InChI is InChI=1S/C23H28N2O3/c1-5-9-16(2)25-23(24-3)19-15-22(28-4)21(27)14-18(19)20(26)13-12-17-10-7-6-8-11-17/h6-8,10-11,14-15,27H,5,9,12-13H2,1-4H3. The molecule has 2 rings (SSSR count). The molecule has 0 spiro atoms. The zero-order valence-electron chi connectivity index (χ0n) is 17.0. The molecule has 0 aromatic heterocycles. The third-order valence-electron chi connectivity index (χ3n) is 4.46. The number of aliphatic imine (C=N–C) groups is 2. The van der Waals surface area contributed by atoms with E-state index >= 15 is 0 Å². The zero-order chi connectivity index (χ0) is 20.5. The van der Waals surface area contributed by atoms with Crippen molar-refractivity contribution in [3.63, 3.8) is 0 Å². The van der Waals surface area contributed by atoms with Crippen LogP contribution in [-0.4, -0.2) is 36.6 Å². The van der Waals surface area contributed by atoms with Crippen LogP contribution in [-0.2, 0) is 6.42 Å².